The first kappa shape index (κ1) is 22.6. The van der Waals surface area contributed by atoms with Gasteiger partial charge in [0.1, 0.15) is 6.04 Å². The second-order valence-corrected chi connectivity index (χ2v) is 9.68. The van der Waals surface area contributed by atoms with Crippen molar-refractivity contribution in [2.24, 2.45) is 5.10 Å². The minimum absolute atomic E-state index is 0.145. The molecule has 6 nitrogen and oxygen atoms in total. The van der Waals surface area contributed by atoms with Crippen LogP contribution in [0.3, 0.4) is 0 Å². The monoisotopic (exact) mass is 415 g/mol. The molecule has 0 bridgehead atoms. The first-order valence-electron chi connectivity index (χ1n) is 9.45. The molecule has 0 aromatic heterocycles. The average molecular weight is 416 g/mol. The van der Waals surface area contributed by atoms with Crippen molar-refractivity contribution in [1.29, 1.82) is 0 Å². The van der Waals surface area contributed by atoms with Crippen molar-refractivity contribution in [3.8, 4) is 0 Å². The van der Waals surface area contributed by atoms with Gasteiger partial charge in [0.05, 0.1) is 11.9 Å². The number of para-hydroxylation sites is 1. The molecule has 2 aromatic rings. The fourth-order valence-electron chi connectivity index (χ4n) is 3.30. The first-order chi connectivity index (χ1) is 13.5. The number of carbonyl (C=O) groups is 1. The molecule has 0 saturated heterocycles. The molecule has 0 aliphatic heterocycles. The molecule has 156 valence electrons. The van der Waals surface area contributed by atoms with Crippen LogP contribution in [-0.2, 0) is 20.2 Å². The number of nitrogens with zero attached hydrogens (tertiary/aromatic N) is 2. The van der Waals surface area contributed by atoms with E-state index < -0.39 is 22.0 Å². The molecule has 0 aliphatic carbocycles. The van der Waals surface area contributed by atoms with Crippen LogP contribution in [0.25, 0.3) is 0 Å². The second kappa shape index (κ2) is 9.22. The van der Waals surface area contributed by atoms with E-state index in [-0.39, 0.29) is 5.41 Å². The number of hydrogen-bond donors (Lipinski definition) is 1. The maximum absolute atomic E-state index is 12.6. The molecule has 0 unspecified atom stereocenters. The summed E-state index contributed by atoms with van der Waals surface area (Å²) in [5.74, 6) is -0.490. The zero-order chi connectivity index (χ0) is 21.7. The Bertz CT molecular complexity index is 955. The zero-order valence-corrected chi connectivity index (χ0v) is 18.4. The lowest BCUT2D eigenvalue weighted by Crippen LogP contribution is -2.47. The third-order valence-corrected chi connectivity index (χ3v) is 5.95. The molecule has 2 rings (SSSR count). The number of sulfonamides is 1. The van der Waals surface area contributed by atoms with E-state index in [2.05, 4.69) is 36.5 Å². The summed E-state index contributed by atoms with van der Waals surface area (Å²) < 4.78 is 25.6. The molecule has 1 amide bonds. The normalized spacial score (nSPS) is 13.6. The quantitative estimate of drug-likeness (QED) is 0.527. The highest BCUT2D eigenvalue weighted by molar-refractivity contribution is 7.92. The highest BCUT2D eigenvalue weighted by Crippen LogP contribution is 2.27. The fraction of sp³-hybridized carbons (Fsp3) is 0.364. The fourth-order valence-corrected chi connectivity index (χ4v) is 4.47. The predicted octanol–water partition coefficient (Wildman–Crippen LogP) is 3.70. The Labute approximate surface area is 173 Å². The van der Waals surface area contributed by atoms with Crippen LogP contribution < -0.4 is 9.73 Å². The third kappa shape index (κ3) is 6.15. The summed E-state index contributed by atoms with van der Waals surface area (Å²) in [6, 6.07) is 17.7. The topological polar surface area (TPSA) is 78.8 Å². The van der Waals surface area contributed by atoms with E-state index in [9.17, 15) is 13.2 Å². The van der Waals surface area contributed by atoms with Crippen molar-refractivity contribution in [3.63, 3.8) is 0 Å². The first-order valence-corrected chi connectivity index (χ1v) is 11.3. The lowest BCUT2D eigenvalue weighted by atomic mass is 9.80. The molecule has 0 aliphatic rings. The second-order valence-electron chi connectivity index (χ2n) is 7.82. The van der Waals surface area contributed by atoms with E-state index in [4.69, 9.17) is 0 Å². The molecule has 0 spiro atoms. The Balaban J connectivity index is 2.11. The van der Waals surface area contributed by atoms with Crippen LogP contribution in [0.5, 0.6) is 0 Å². The molecule has 1 atom stereocenters. The Kier molecular flexibility index (Phi) is 7.19. The number of hydrazone groups is 1. The maximum Gasteiger partial charge on any atom is 0.263 e. The van der Waals surface area contributed by atoms with Crippen LogP contribution in [0, 0.1) is 0 Å². The molecule has 0 heterocycles. The Hall–Kier alpha value is -2.67. The lowest BCUT2D eigenvalue weighted by molar-refractivity contribution is -0.121. The lowest BCUT2D eigenvalue weighted by Gasteiger charge is -2.28. The van der Waals surface area contributed by atoms with Gasteiger partial charge >= 0.3 is 0 Å². The van der Waals surface area contributed by atoms with Crippen LogP contribution in [0.2, 0.25) is 0 Å². The maximum atomic E-state index is 12.6. The molecular weight excluding hydrogens is 386 g/mol. The number of amides is 1. The van der Waals surface area contributed by atoms with Crippen molar-refractivity contribution < 1.29 is 13.2 Å². The van der Waals surface area contributed by atoms with Gasteiger partial charge in [0.25, 0.3) is 5.91 Å². The minimum Gasteiger partial charge on any atom is -0.271 e. The van der Waals surface area contributed by atoms with Crippen molar-refractivity contribution in [3.05, 3.63) is 66.2 Å². The van der Waals surface area contributed by atoms with E-state index >= 15 is 0 Å². The van der Waals surface area contributed by atoms with E-state index in [1.54, 1.807) is 37.3 Å². The number of rotatable bonds is 8. The number of hydrogen-bond acceptors (Lipinski definition) is 4. The Morgan fingerprint density at radius 1 is 1.07 bits per heavy atom. The third-order valence-electron chi connectivity index (χ3n) is 4.71. The summed E-state index contributed by atoms with van der Waals surface area (Å²) in [4.78, 5) is 12.6. The number of carbonyl (C=O) groups excluding carboxylic acids is 1. The summed E-state index contributed by atoms with van der Waals surface area (Å²) in [5, 5.41) is 4.21. The Morgan fingerprint density at radius 3 is 2.10 bits per heavy atom. The molecule has 1 N–H and O–H groups in total. The van der Waals surface area contributed by atoms with Crippen molar-refractivity contribution in [2.45, 2.75) is 45.6 Å². The Morgan fingerprint density at radius 2 is 1.59 bits per heavy atom. The van der Waals surface area contributed by atoms with Gasteiger partial charge in [-0.15, -0.1) is 0 Å². The van der Waals surface area contributed by atoms with E-state index in [1.807, 2.05) is 25.1 Å². The number of nitrogens with one attached hydrogen (secondary N) is 1. The van der Waals surface area contributed by atoms with Gasteiger partial charge in [0.15, 0.2) is 0 Å². The molecule has 0 fully saturated rings. The van der Waals surface area contributed by atoms with E-state index in [0.29, 0.717) is 12.1 Å². The standard InChI is InChI=1S/C22H29N3O3S/c1-17(16-22(3,4)19-12-8-6-9-13-19)23-24-21(26)18(2)25(29(5,27)28)20-14-10-7-11-15-20/h6-15,18H,16H2,1-5H3,(H,24,26)/b23-17-/t18-/m0/s1. The van der Waals surface area contributed by atoms with E-state index in [0.717, 1.165) is 16.3 Å². The SMILES string of the molecule is C/C(CC(C)(C)c1ccccc1)=N/NC(=O)[C@H](C)N(c1ccccc1)S(C)(=O)=O. The average Bonchev–Trinajstić information content (AvgIpc) is 2.66. The van der Waals surface area contributed by atoms with Crippen molar-refractivity contribution in [1.82, 2.24) is 5.43 Å². The van der Waals surface area contributed by atoms with Crippen molar-refractivity contribution >= 4 is 27.3 Å². The van der Waals surface area contributed by atoms with Crippen LogP contribution in [0.1, 0.15) is 39.7 Å². The zero-order valence-electron chi connectivity index (χ0n) is 17.6. The summed E-state index contributed by atoms with van der Waals surface area (Å²) in [6.07, 6.45) is 1.74. The van der Waals surface area contributed by atoms with Gasteiger partial charge in [0.2, 0.25) is 10.0 Å². The van der Waals surface area contributed by atoms with Gasteiger partial charge in [-0.05, 0) is 43.4 Å². The van der Waals surface area contributed by atoms with E-state index in [1.165, 1.54) is 5.56 Å². The summed E-state index contributed by atoms with van der Waals surface area (Å²) in [5.41, 5.74) is 4.75. The van der Waals surface area contributed by atoms with Gasteiger partial charge in [0, 0.05) is 5.71 Å². The molecule has 29 heavy (non-hydrogen) atoms. The molecule has 0 saturated carbocycles. The van der Waals surface area contributed by atoms with Gasteiger partial charge in [-0.1, -0.05) is 62.4 Å². The molecule has 7 heteroatoms. The van der Waals surface area contributed by atoms with Gasteiger partial charge in [-0.3, -0.25) is 9.10 Å². The smallest absolute Gasteiger partial charge is 0.263 e. The highest BCUT2D eigenvalue weighted by atomic mass is 32.2. The largest absolute Gasteiger partial charge is 0.271 e. The number of benzene rings is 2. The van der Waals surface area contributed by atoms with Gasteiger partial charge in [-0.2, -0.15) is 5.10 Å². The summed E-state index contributed by atoms with van der Waals surface area (Å²) in [6.45, 7) is 7.63. The van der Waals surface area contributed by atoms with Gasteiger partial charge in [-0.25, -0.2) is 13.8 Å². The van der Waals surface area contributed by atoms with Crippen LogP contribution >= 0.6 is 0 Å². The van der Waals surface area contributed by atoms with Gasteiger partial charge < -0.3 is 0 Å². The summed E-state index contributed by atoms with van der Waals surface area (Å²) in [7, 11) is -3.64. The molecule has 0 radical (unpaired) electrons. The molecule has 2 aromatic carbocycles. The molecular formula is C22H29N3O3S. The highest BCUT2D eigenvalue weighted by Gasteiger charge is 2.29. The number of anilines is 1. The van der Waals surface area contributed by atoms with Crippen molar-refractivity contribution in [2.75, 3.05) is 10.6 Å². The van der Waals surface area contributed by atoms with Crippen LogP contribution in [0.4, 0.5) is 5.69 Å². The minimum atomic E-state index is -3.64. The van der Waals surface area contributed by atoms with Crippen LogP contribution in [-0.4, -0.2) is 32.3 Å². The predicted molar refractivity (Wildman–Crippen MR) is 119 cm³/mol. The summed E-state index contributed by atoms with van der Waals surface area (Å²) >= 11 is 0. The van der Waals surface area contributed by atoms with Crippen LogP contribution in [0.15, 0.2) is 65.8 Å².